The molecule has 1 aliphatic rings. The van der Waals surface area contributed by atoms with Crippen molar-refractivity contribution in [3.05, 3.63) is 29.8 Å². The Morgan fingerprint density at radius 2 is 1.71 bits per heavy atom. The van der Waals surface area contributed by atoms with E-state index in [0.29, 0.717) is 31.2 Å². The third kappa shape index (κ3) is 4.59. The molecule has 1 saturated heterocycles. The molecule has 4 nitrogen and oxygen atoms in total. The summed E-state index contributed by atoms with van der Waals surface area (Å²) in [4.78, 5) is 26.1. The third-order valence-corrected chi connectivity index (χ3v) is 4.82. The monoisotopic (exact) mass is 331 g/mol. The van der Waals surface area contributed by atoms with Gasteiger partial charge in [0.05, 0.1) is 0 Å². The molecular formula is C20H29NO3. The summed E-state index contributed by atoms with van der Waals surface area (Å²) in [6.07, 6.45) is 1.63. The number of nitrogens with zero attached hydrogens (tertiary/aromatic N) is 1. The average Bonchev–Trinajstić information content (AvgIpc) is 2.61. The molecule has 1 aliphatic heterocycles. The molecule has 1 unspecified atom stereocenters. The molecule has 132 valence electrons. The second kappa shape index (κ2) is 8.32. The van der Waals surface area contributed by atoms with Gasteiger partial charge < -0.3 is 9.64 Å². The van der Waals surface area contributed by atoms with Crippen LogP contribution in [-0.4, -0.2) is 35.8 Å². The van der Waals surface area contributed by atoms with Crippen molar-refractivity contribution >= 4 is 11.7 Å². The molecule has 0 spiro atoms. The van der Waals surface area contributed by atoms with Gasteiger partial charge in [0.2, 0.25) is 0 Å². The lowest BCUT2D eigenvalue weighted by Crippen LogP contribution is -2.45. The van der Waals surface area contributed by atoms with Gasteiger partial charge in [0.25, 0.3) is 5.91 Å². The second-order valence-corrected chi connectivity index (χ2v) is 6.90. The van der Waals surface area contributed by atoms with Crippen LogP contribution in [0.15, 0.2) is 24.3 Å². The van der Waals surface area contributed by atoms with Gasteiger partial charge in [-0.25, -0.2) is 0 Å². The summed E-state index contributed by atoms with van der Waals surface area (Å²) in [5.41, 5.74) is 1.25. The summed E-state index contributed by atoms with van der Waals surface area (Å²) >= 11 is 0. The summed E-state index contributed by atoms with van der Waals surface area (Å²) in [6.45, 7) is 9.29. The number of ether oxygens (including phenoxy) is 1. The van der Waals surface area contributed by atoms with E-state index in [1.807, 2.05) is 36.1 Å². The SMILES string of the molecule is CCC(=O)C1CCN(C(=O)C(C)Oc2ccc(C(C)C)cc2)CC1. The molecule has 24 heavy (non-hydrogen) atoms. The van der Waals surface area contributed by atoms with E-state index in [1.165, 1.54) is 5.56 Å². The van der Waals surface area contributed by atoms with Gasteiger partial charge in [0, 0.05) is 25.4 Å². The molecule has 1 amide bonds. The molecule has 4 heteroatoms. The summed E-state index contributed by atoms with van der Waals surface area (Å²) in [6, 6.07) is 7.93. The first kappa shape index (κ1) is 18.5. The highest BCUT2D eigenvalue weighted by Gasteiger charge is 2.29. The van der Waals surface area contributed by atoms with E-state index >= 15 is 0 Å². The van der Waals surface area contributed by atoms with Crippen molar-refractivity contribution < 1.29 is 14.3 Å². The number of Topliss-reactive ketones (excluding diaryl/α,β-unsaturated/α-hetero) is 1. The number of rotatable bonds is 6. The van der Waals surface area contributed by atoms with Gasteiger partial charge >= 0.3 is 0 Å². The zero-order valence-electron chi connectivity index (χ0n) is 15.2. The standard InChI is InChI=1S/C20H29NO3/c1-5-19(22)17-10-12-21(13-11-17)20(23)15(4)24-18-8-6-16(7-9-18)14(2)3/h6-9,14-15,17H,5,10-13H2,1-4H3. The lowest BCUT2D eigenvalue weighted by atomic mass is 9.91. The first-order valence-corrected chi connectivity index (χ1v) is 9.00. The molecule has 0 aliphatic carbocycles. The Hall–Kier alpha value is -1.84. The van der Waals surface area contributed by atoms with Crippen molar-refractivity contribution in [3.63, 3.8) is 0 Å². The molecule has 0 N–H and O–H groups in total. The van der Waals surface area contributed by atoms with E-state index in [2.05, 4.69) is 13.8 Å². The van der Waals surface area contributed by atoms with Gasteiger partial charge in [-0.2, -0.15) is 0 Å². The summed E-state index contributed by atoms with van der Waals surface area (Å²) in [5, 5.41) is 0. The van der Waals surface area contributed by atoms with Crippen LogP contribution in [0.5, 0.6) is 5.75 Å². The van der Waals surface area contributed by atoms with Crippen LogP contribution >= 0.6 is 0 Å². The summed E-state index contributed by atoms with van der Waals surface area (Å²) < 4.78 is 5.80. The highest BCUT2D eigenvalue weighted by Crippen LogP contribution is 2.22. The third-order valence-electron chi connectivity index (χ3n) is 4.82. The zero-order chi connectivity index (χ0) is 17.7. The molecule has 1 atom stereocenters. The van der Waals surface area contributed by atoms with Crippen molar-refractivity contribution in [2.75, 3.05) is 13.1 Å². The summed E-state index contributed by atoms with van der Waals surface area (Å²) in [7, 11) is 0. The predicted molar refractivity (Wildman–Crippen MR) is 95.2 cm³/mol. The fourth-order valence-electron chi connectivity index (χ4n) is 3.15. The maximum absolute atomic E-state index is 12.5. The minimum Gasteiger partial charge on any atom is -0.481 e. The molecular weight excluding hydrogens is 302 g/mol. The van der Waals surface area contributed by atoms with Crippen LogP contribution in [0.3, 0.4) is 0 Å². The van der Waals surface area contributed by atoms with Crippen LogP contribution in [0.4, 0.5) is 0 Å². The number of carbonyl (C=O) groups is 2. The molecule has 2 rings (SSSR count). The lowest BCUT2D eigenvalue weighted by Gasteiger charge is -2.32. The Kier molecular flexibility index (Phi) is 6.41. The maximum atomic E-state index is 12.5. The van der Waals surface area contributed by atoms with Crippen molar-refractivity contribution in [1.82, 2.24) is 4.90 Å². The number of amides is 1. The van der Waals surface area contributed by atoms with Gasteiger partial charge in [-0.1, -0.05) is 32.9 Å². The Morgan fingerprint density at radius 3 is 2.21 bits per heavy atom. The molecule has 1 aromatic rings. The van der Waals surface area contributed by atoms with Crippen LogP contribution in [0.25, 0.3) is 0 Å². The van der Waals surface area contributed by atoms with E-state index in [-0.39, 0.29) is 11.8 Å². The van der Waals surface area contributed by atoms with Gasteiger partial charge in [-0.05, 0) is 43.4 Å². The van der Waals surface area contributed by atoms with E-state index in [9.17, 15) is 9.59 Å². The minimum atomic E-state index is -0.506. The van der Waals surface area contributed by atoms with Crippen LogP contribution in [0.2, 0.25) is 0 Å². The number of likely N-dealkylation sites (tertiary alicyclic amines) is 1. The quantitative estimate of drug-likeness (QED) is 0.796. The Morgan fingerprint density at radius 1 is 1.12 bits per heavy atom. The van der Waals surface area contributed by atoms with Crippen LogP contribution in [-0.2, 0) is 9.59 Å². The normalized spacial score (nSPS) is 17.0. The Bertz CT molecular complexity index is 557. The average molecular weight is 331 g/mol. The van der Waals surface area contributed by atoms with E-state index < -0.39 is 6.10 Å². The zero-order valence-corrected chi connectivity index (χ0v) is 15.2. The second-order valence-electron chi connectivity index (χ2n) is 6.90. The number of ketones is 1. The highest BCUT2D eigenvalue weighted by molar-refractivity contribution is 5.83. The topological polar surface area (TPSA) is 46.6 Å². The van der Waals surface area contributed by atoms with Gasteiger partial charge in [-0.3, -0.25) is 9.59 Å². The fourth-order valence-corrected chi connectivity index (χ4v) is 3.15. The molecule has 1 aromatic carbocycles. The molecule has 0 saturated carbocycles. The largest absolute Gasteiger partial charge is 0.481 e. The number of piperidine rings is 1. The Balaban J connectivity index is 1.87. The molecule has 0 radical (unpaired) electrons. The minimum absolute atomic E-state index is 0.00494. The van der Waals surface area contributed by atoms with Crippen molar-refractivity contribution in [1.29, 1.82) is 0 Å². The Labute approximate surface area is 145 Å². The van der Waals surface area contributed by atoms with Gasteiger partial charge in [0.1, 0.15) is 11.5 Å². The van der Waals surface area contributed by atoms with Crippen molar-refractivity contribution in [2.24, 2.45) is 5.92 Å². The highest BCUT2D eigenvalue weighted by atomic mass is 16.5. The smallest absolute Gasteiger partial charge is 0.263 e. The van der Waals surface area contributed by atoms with Crippen molar-refractivity contribution in [2.45, 2.75) is 59.0 Å². The van der Waals surface area contributed by atoms with Gasteiger partial charge in [-0.15, -0.1) is 0 Å². The first-order chi connectivity index (χ1) is 11.4. The first-order valence-electron chi connectivity index (χ1n) is 9.00. The number of hydrogen-bond acceptors (Lipinski definition) is 3. The van der Waals surface area contributed by atoms with E-state index in [1.54, 1.807) is 6.92 Å². The molecule has 0 bridgehead atoms. The van der Waals surface area contributed by atoms with Gasteiger partial charge in [0.15, 0.2) is 6.10 Å². The fraction of sp³-hybridized carbons (Fsp3) is 0.600. The maximum Gasteiger partial charge on any atom is 0.263 e. The van der Waals surface area contributed by atoms with Crippen molar-refractivity contribution in [3.8, 4) is 5.75 Å². The number of benzene rings is 1. The summed E-state index contributed by atoms with van der Waals surface area (Å²) in [5.74, 6) is 1.64. The van der Waals surface area contributed by atoms with Crippen LogP contribution < -0.4 is 4.74 Å². The molecule has 1 heterocycles. The predicted octanol–water partition coefficient (Wildman–Crippen LogP) is 3.80. The van der Waals surface area contributed by atoms with Crippen LogP contribution in [0.1, 0.15) is 58.4 Å². The van der Waals surface area contributed by atoms with Crippen LogP contribution in [0, 0.1) is 5.92 Å². The molecule has 1 fully saturated rings. The van der Waals surface area contributed by atoms with E-state index in [4.69, 9.17) is 4.74 Å². The molecule has 0 aromatic heterocycles. The number of hydrogen-bond donors (Lipinski definition) is 0. The lowest BCUT2D eigenvalue weighted by molar-refractivity contribution is -0.140. The number of carbonyl (C=O) groups excluding carboxylic acids is 2. The van der Waals surface area contributed by atoms with E-state index in [0.717, 1.165) is 18.6 Å².